The Balaban J connectivity index is 1.52. The number of methoxy groups -OCH3 is 1. The highest BCUT2D eigenvalue weighted by Gasteiger charge is 2.33. The minimum absolute atomic E-state index is 0.0368. The number of para-hydroxylation sites is 1. The van der Waals surface area contributed by atoms with Crippen molar-refractivity contribution in [3.05, 3.63) is 140 Å². The number of allylic oxidation sites excluding steroid dienone is 1. The summed E-state index contributed by atoms with van der Waals surface area (Å²) in [6.07, 6.45) is 5.24. The van der Waals surface area contributed by atoms with Gasteiger partial charge >= 0.3 is 5.97 Å². The Morgan fingerprint density at radius 2 is 1.74 bits per heavy atom. The van der Waals surface area contributed by atoms with Crippen LogP contribution in [0.5, 0.6) is 11.5 Å². The third kappa shape index (κ3) is 5.94. The van der Waals surface area contributed by atoms with Crippen LogP contribution in [0.25, 0.3) is 23.0 Å². The summed E-state index contributed by atoms with van der Waals surface area (Å²) in [5, 5.41) is 4.92. The second-order valence-corrected chi connectivity index (χ2v) is 11.4. The molecule has 232 valence electrons. The summed E-state index contributed by atoms with van der Waals surface area (Å²) in [6, 6.07) is 24.0. The molecule has 0 amide bonds. The fourth-order valence-corrected chi connectivity index (χ4v) is 6.38. The lowest BCUT2D eigenvalue weighted by molar-refractivity contribution is -0.138. The molecule has 3 heterocycles. The third-order valence-corrected chi connectivity index (χ3v) is 8.48. The molecule has 6 rings (SSSR count). The highest BCUT2D eigenvalue weighted by Crippen LogP contribution is 2.32. The minimum atomic E-state index is -0.751. The van der Waals surface area contributed by atoms with Crippen molar-refractivity contribution in [3.8, 4) is 28.4 Å². The van der Waals surface area contributed by atoms with E-state index in [1.807, 2.05) is 85.9 Å². The zero-order chi connectivity index (χ0) is 32.2. The first-order valence-corrected chi connectivity index (χ1v) is 15.6. The molecule has 0 saturated heterocycles. The minimum Gasteiger partial charge on any atom is -0.497 e. The van der Waals surface area contributed by atoms with Crippen molar-refractivity contribution >= 4 is 23.4 Å². The van der Waals surface area contributed by atoms with Crippen molar-refractivity contribution in [3.63, 3.8) is 0 Å². The molecule has 0 unspecified atom stereocenters. The lowest BCUT2D eigenvalue weighted by atomic mass is 9.96. The van der Waals surface area contributed by atoms with Crippen molar-refractivity contribution in [2.75, 3.05) is 20.3 Å². The highest BCUT2D eigenvalue weighted by molar-refractivity contribution is 7.07. The Kier molecular flexibility index (Phi) is 8.80. The fraction of sp³-hybridized carbons (Fsp3) is 0.167. The molecule has 10 heteroatoms. The average molecular weight is 633 g/mol. The number of hydrogen-bond donors (Lipinski definition) is 0. The Morgan fingerprint density at radius 1 is 1.02 bits per heavy atom. The number of benzene rings is 3. The molecule has 0 aliphatic carbocycles. The smallest absolute Gasteiger partial charge is 0.338 e. The summed E-state index contributed by atoms with van der Waals surface area (Å²) in [5.41, 5.74) is 4.42. The predicted octanol–water partition coefficient (Wildman–Crippen LogP) is 5.22. The number of ether oxygens (including phenoxy) is 3. The van der Waals surface area contributed by atoms with Gasteiger partial charge in [0.15, 0.2) is 4.80 Å². The number of rotatable bonds is 10. The molecule has 0 radical (unpaired) electrons. The van der Waals surface area contributed by atoms with E-state index in [4.69, 9.17) is 24.3 Å². The van der Waals surface area contributed by atoms with Crippen molar-refractivity contribution in [2.45, 2.75) is 19.9 Å². The molecule has 0 fully saturated rings. The Hall–Kier alpha value is -5.48. The van der Waals surface area contributed by atoms with Crippen LogP contribution in [-0.2, 0) is 9.53 Å². The maximum atomic E-state index is 14.3. The van der Waals surface area contributed by atoms with E-state index in [9.17, 15) is 9.59 Å². The average Bonchev–Trinajstić information content (AvgIpc) is 3.64. The third-order valence-electron chi connectivity index (χ3n) is 7.49. The maximum absolute atomic E-state index is 14.3. The van der Waals surface area contributed by atoms with Gasteiger partial charge in [-0.1, -0.05) is 54.3 Å². The monoisotopic (exact) mass is 632 g/mol. The van der Waals surface area contributed by atoms with E-state index in [1.165, 1.54) is 17.4 Å². The van der Waals surface area contributed by atoms with Crippen LogP contribution in [0.15, 0.2) is 119 Å². The number of thiazole rings is 1. The van der Waals surface area contributed by atoms with Crippen molar-refractivity contribution < 1.29 is 19.0 Å². The number of carbonyl (C=O) groups is 1. The van der Waals surface area contributed by atoms with Crippen LogP contribution in [0, 0.1) is 0 Å². The summed E-state index contributed by atoms with van der Waals surface area (Å²) in [4.78, 5) is 32.8. The molecule has 9 nitrogen and oxygen atoms in total. The molecule has 2 aromatic heterocycles. The number of nitrogens with zero attached hydrogens (tertiary/aromatic N) is 4. The van der Waals surface area contributed by atoms with Gasteiger partial charge in [0.25, 0.3) is 5.56 Å². The van der Waals surface area contributed by atoms with Gasteiger partial charge in [0, 0.05) is 17.3 Å². The van der Waals surface area contributed by atoms with Crippen LogP contribution < -0.4 is 24.4 Å². The molecular weight excluding hydrogens is 600 g/mol. The zero-order valence-electron chi connectivity index (χ0n) is 25.7. The van der Waals surface area contributed by atoms with Crippen LogP contribution in [0.3, 0.4) is 0 Å². The predicted molar refractivity (Wildman–Crippen MR) is 178 cm³/mol. The van der Waals surface area contributed by atoms with Gasteiger partial charge in [0.05, 0.1) is 41.2 Å². The standard InChI is InChI=1S/C36H32N4O5S/c1-5-20-45-35(42)31-23(3)37-36-40(33(31)25-14-16-28(43-4)17-15-25)34(41)30(46-36)21-26-22-39(27-10-8-7-9-11-27)38-32(26)24-12-18-29(19-13-24)44-6-2/h5,7-19,21-22,33H,1,6,20H2,2-4H3/b30-21+/t33-/m0/s1. The van der Waals surface area contributed by atoms with Crippen molar-refractivity contribution in [2.24, 2.45) is 4.99 Å². The second kappa shape index (κ2) is 13.3. The van der Waals surface area contributed by atoms with Crippen molar-refractivity contribution in [1.29, 1.82) is 0 Å². The Labute approximate surface area is 269 Å². The van der Waals surface area contributed by atoms with Gasteiger partial charge in [-0.2, -0.15) is 5.10 Å². The number of fused-ring (bicyclic) bond motifs is 1. The van der Waals surface area contributed by atoms with Gasteiger partial charge in [0.2, 0.25) is 0 Å². The van der Waals surface area contributed by atoms with Gasteiger partial charge < -0.3 is 14.2 Å². The van der Waals surface area contributed by atoms with E-state index in [0.717, 1.165) is 28.1 Å². The van der Waals surface area contributed by atoms with E-state index in [-0.39, 0.29) is 17.7 Å². The summed E-state index contributed by atoms with van der Waals surface area (Å²) >= 11 is 1.26. The molecule has 46 heavy (non-hydrogen) atoms. The van der Waals surface area contributed by atoms with E-state index in [0.29, 0.717) is 33.1 Å². The largest absolute Gasteiger partial charge is 0.497 e. The SMILES string of the molecule is C=CCOC(=O)C1=C(C)N=c2s/c(=C/c3cn(-c4ccccc4)nc3-c3ccc(OCC)cc3)c(=O)n2[C@H]1c1ccc(OC)cc1. The van der Waals surface area contributed by atoms with Gasteiger partial charge in [-0.3, -0.25) is 9.36 Å². The molecular formula is C36H32N4O5S. The summed E-state index contributed by atoms with van der Waals surface area (Å²) in [5.74, 6) is 0.864. The number of aromatic nitrogens is 3. The van der Waals surface area contributed by atoms with Gasteiger partial charge in [-0.15, -0.1) is 0 Å². The molecule has 1 atom stereocenters. The zero-order valence-corrected chi connectivity index (χ0v) is 26.5. The normalized spacial score (nSPS) is 14.4. The molecule has 1 aliphatic heterocycles. The lowest BCUT2D eigenvalue weighted by Gasteiger charge is -2.24. The van der Waals surface area contributed by atoms with Crippen molar-refractivity contribution in [1.82, 2.24) is 14.3 Å². The topological polar surface area (TPSA) is 96.9 Å². The first kappa shape index (κ1) is 30.5. The summed E-state index contributed by atoms with van der Waals surface area (Å²) in [7, 11) is 1.59. The first-order chi connectivity index (χ1) is 22.4. The van der Waals surface area contributed by atoms with E-state index >= 15 is 0 Å². The summed E-state index contributed by atoms with van der Waals surface area (Å²) in [6.45, 7) is 7.95. The number of hydrogen-bond acceptors (Lipinski definition) is 8. The Morgan fingerprint density at radius 3 is 2.41 bits per heavy atom. The van der Waals surface area contributed by atoms with E-state index in [1.54, 1.807) is 35.4 Å². The van der Waals surface area contributed by atoms with Crippen LogP contribution >= 0.6 is 11.3 Å². The van der Waals surface area contributed by atoms with Gasteiger partial charge in [0.1, 0.15) is 23.8 Å². The number of esters is 1. The quantitative estimate of drug-likeness (QED) is 0.155. The Bertz CT molecular complexity index is 2110. The molecule has 0 spiro atoms. The molecule has 5 aromatic rings. The fourth-order valence-electron chi connectivity index (χ4n) is 5.34. The van der Waals surface area contributed by atoms with Crippen LogP contribution in [0.4, 0.5) is 0 Å². The van der Waals surface area contributed by atoms with E-state index < -0.39 is 12.0 Å². The molecule has 0 saturated carbocycles. The summed E-state index contributed by atoms with van der Waals surface area (Å²) < 4.78 is 20.2. The maximum Gasteiger partial charge on any atom is 0.338 e. The molecule has 0 N–H and O–H groups in total. The van der Waals surface area contributed by atoms with Crippen LogP contribution in [0.2, 0.25) is 0 Å². The van der Waals surface area contributed by atoms with Gasteiger partial charge in [-0.25, -0.2) is 14.5 Å². The molecule has 1 aliphatic rings. The molecule has 0 bridgehead atoms. The van der Waals surface area contributed by atoms with Crippen LogP contribution in [-0.4, -0.2) is 40.6 Å². The first-order valence-electron chi connectivity index (χ1n) is 14.7. The highest BCUT2D eigenvalue weighted by atomic mass is 32.1. The second-order valence-electron chi connectivity index (χ2n) is 10.4. The molecule has 3 aromatic carbocycles. The van der Waals surface area contributed by atoms with Gasteiger partial charge in [-0.05, 0) is 74.0 Å². The van der Waals surface area contributed by atoms with E-state index in [2.05, 4.69) is 6.58 Å². The lowest BCUT2D eigenvalue weighted by Crippen LogP contribution is -2.39. The number of carbonyl (C=O) groups excluding carboxylic acids is 1. The van der Waals surface area contributed by atoms with Crippen LogP contribution in [0.1, 0.15) is 31.0 Å².